The van der Waals surface area contributed by atoms with Crippen LogP contribution in [0.5, 0.6) is 11.6 Å². The van der Waals surface area contributed by atoms with Crippen molar-refractivity contribution in [3.8, 4) is 29.0 Å². The minimum Gasteiger partial charge on any atom is -0.489 e. The summed E-state index contributed by atoms with van der Waals surface area (Å²) in [6.07, 6.45) is 0.537. The van der Waals surface area contributed by atoms with Gasteiger partial charge in [-0.1, -0.05) is 6.92 Å². The summed E-state index contributed by atoms with van der Waals surface area (Å²) in [5, 5.41) is 31.9. The molecule has 5 heterocycles. The highest BCUT2D eigenvalue weighted by molar-refractivity contribution is 5.81. The van der Waals surface area contributed by atoms with Crippen LogP contribution in [0, 0.1) is 17.2 Å². The topological polar surface area (TPSA) is 169 Å². The van der Waals surface area contributed by atoms with Gasteiger partial charge in [0.15, 0.2) is 6.10 Å². The lowest BCUT2D eigenvalue weighted by molar-refractivity contribution is -0.145. The molecule has 0 aliphatic carbocycles. The molecule has 14 nitrogen and oxygen atoms in total. The molecule has 6 rings (SSSR count). The lowest BCUT2D eigenvalue weighted by Crippen LogP contribution is -2.56. The van der Waals surface area contributed by atoms with Crippen LogP contribution < -0.4 is 19.7 Å². The Bertz CT molecular complexity index is 1610. The summed E-state index contributed by atoms with van der Waals surface area (Å²) >= 11 is 0. The fourth-order valence-electron chi connectivity index (χ4n) is 6.18. The van der Waals surface area contributed by atoms with E-state index in [4.69, 9.17) is 19.3 Å². The van der Waals surface area contributed by atoms with Crippen molar-refractivity contribution < 1.29 is 29.2 Å². The Hall–Kier alpha value is -4.55. The molecule has 1 aromatic carbocycles. The third kappa shape index (κ3) is 7.23. The summed E-state index contributed by atoms with van der Waals surface area (Å²) < 4.78 is 17.3. The number of hydrogen-bond donors (Lipinski definition) is 3. The number of anilines is 3. The second kappa shape index (κ2) is 14.5. The van der Waals surface area contributed by atoms with Crippen LogP contribution in [0.2, 0.25) is 0 Å². The highest BCUT2D eigenvalue weighted by Crippen LogP contribution is 2.32. The number of piperidine rings is 1. The van der Waals surface area contributed by atoms with Gasteiger partial charge >= 0.3 is 0 Å². The number of aliphatic hydroxyl groups is 2. The molecule has 3 N–H and O–H groups in total. The normalized spacial score (nSPS) is 21.0. The first kappa shape index (κ1) is 32.4. The van der Waals surface area contributed by atoms with Crippen LogP contribution in [-0.4, -0.2) is 125 Å². The lowest BCUT2D eigenvalue weighted by atomic mass is 9.95. The number of hydrogen-bond acceptors (Lipinski definition) is 13. The number of carbonyl (C=O) groups excluding carboxylic acids is 1. The van der Waals surface area contributed by atoms with E-state index in [9.17, 15) is 15.2 Å². The van der Waals surface area contributed by atoms with E-state index in [1.165, 1.54) is 4.90 Å². The van der Waals surface area contributed by atoms with Gasteiger partial charge in [-0.05, 0) is 36.4 Å². The quantitative estimate of drug-likeness (QED) is 0.292. The molecule has 0 saturated carbocycles. The number of ether oxygens (including phenoxy) is 3. The minimum absolute atomic E-state index is 0.0423. The molecule has 2 unspecified atom stereocenters. The van der Waals surface area contributed by atoms with Crippen LogP contribution in [0.1, 0.15) is 18.9 Å². The van der Waals surface area contributed by atoms with Gasteiger partial charge in [0.25, 0.3) is 5.91 Å². The Morgan fingerprint density at radius 2 is 1.96 bits per heavy atom. The van der Waals surface area contributed by atoms with E-state index in [-0.39, 0.29) is 12.0 Å². The van der Waals surface area contributed by atoms with Crippen molar-refractivity contribution in [2.24, 2.45) is 5.92 Å². The number of aliphatic hydroxyl groups excluding tert-OH is 2. The van der Waals surface area contributed by atoms with Gasteiger partial charge in [-0.3, -0.25) is 9.69 Å². The molecule has 2 aromatic heterocycles. The number of nitrogens with zero attached hydrogens (tertiary/aromatic N) is 7. The first-order valence-electron chi connectivity index (χ1n) is 15.9. The van der Waals surface area contributed by atoms with Gasteiger partial charge in [0.1, 0.15) is 29.4 Å². The second-order valence-electron chi connectivity index (χ2n) is 12.1. The van der Waals surface area contributed by atoms with E-state index < -0.39 is 18.6 Å². The number of piperazine rings is 1. The predicted octanol–water partition coefficient (Wildman–Crippen LogP) is 1.65. The molecule has 3 aromatic rings. The molecule has 3 saturated heterocycles. The maximum atomic E-state index is 12.3. The Balaban J connectivity index is 1.10. The summed E-state index contributed by atoms with van der Waals surface area (Å²) in [7, 11) is 1.61. The van der Waals surface area contributed by atoms with Crippen LogP contribution in [-0.2, 0) is 9.53 Å². The zero-order chi connectivity index (χ0) is 32.9. The number of pyridine rings is 1. The minimum atomic E-state index is -1.42. The fourth-order valence-corrected chi connectivity index (χ4v) is 6.18. The van der Waals surface area contributed by atoms with Crippen molar-refractivity contribution in [3.05, 3.63) is 48.2 Å². The molecule has 14 heteroatoms. The molecule has 0 bridgehead atoms. The SMILES string of the molecule is COc1nc(Nc2nccc(-c3ccc(OC4CCN(C(=O)[C@@H](O)CO)CC4C)c(C#N)c3)n2)ccc1N1CCN(C2COC2)CC1. The standard InChI is InChI=1S/C33H40N8O6/c1-21-17-41(32(44)27(43)18-42)10-8-28(21)47-29-5-3-22(15-23(29)16-34)25-7-9-35-33(36-25)38-30-6-4-26(31(37-30)45-2)40-13-11-39(12-14-40)24-19-46-20-24/h3-7,9,15,21,24,27-28,42-43H,8,10-14,17-20H2,1-2H3,(H,35,36,37,38)/t21?,27-,28?/m0/s1. The molecule has 1 amide bonds. The Morgan fingerprint density at radius 1 is 1.15 bits per heavy atom. The van der Waals surface area contributed by atoms with Gasteiger partial charge in [-0.15, -0.1) is 0 Å². The van der Waals surface area contributed by atoms with Crippen LogP contribution >= 0.6 is 0 Å². The van der Waals surface area contributed by atoms with Gasteiger partial charge in [0, 0.05) is 63.4 Å². The van der Waals surface area contributed by atoms with Gasteiger partial charge in [-0.2, -0.15) is 10.2 Å². The van der Waals surface area contributed by atoms with Crippen molar-refractivity contribution in [2.45, 2.75) is 31.6 Å². The number of carbonyl (C=O) groups is 1. The number of benzene rings is 1. The number of aromatic nitrogens is 3. The van der Waals surface area contributed by atoms with Crippen LogP contribution in [0.4, 0.5) is 17.5 Å². The van der Waals surface area contributed by atoms with Crippen molar-refractivity contribution in [3.63, 3.8) is 0 Å². The van der Waals surface area contributed by atoms with E-state index in [0.717, 1.165) is 50.6 Å². The first-order valence-corrected chi connectivity index (χ1v) is 15.9. The maximum Gasteiger partial charge on any atom is 0.253 e. The van der Waals surface area contributed by atoms with Crippen molar-refractivity contribution in [1.29, 1.82) is 5.26 Å². The Morgan fingerprint density at radius 3 is 2.64 bits per heavy atom. The maximum absolute atomic E-state index is 12.3. The summed E-state index contributed by atoms with van der Waals surface area (Å²) in [6.45, 7) is 7.46. The monoisotopic (exact) mass is 644 g/mol. The van der Waals surface area contributed by atoms with Crippen LogP contribution in [0.25, 0.3) is 11.3 Å². The number of amides is 1. The highest BCUT2D eigenvalue weighted by atomic mass is 16.5. The molecular formula is C33H40N8O6. The number of nitriles is 1. The van der Waals surface area contributed by atoms with Gasteiger partial charge in [0.2, 0.25) is 11.8 Å². The van der Waals surface area contributed by atoms with Gasteiger partial charge < -0.3 is 39.5 Å². The predicted molar refractivity (Wildman–Crippen MR) is 173 cm³/mol. The molecule has 3 atom stereocenters. The van der Waals surface area contributed by atoms with Crippen LogP contribution in [0.15, 0.2) is 42.6 Å². The third-order valence-electron chi connectivity index (χ3n) is 8.99. The first-order chi connectivity index (χ1) is 22.9. The average molecular weight is 645 g/mol. The average Bonchev–Trinajstić information content (AvgIpc) is 3.08. The third-order valence-corrected chi connectivity index (χ3v) is 8.99. The van der Waals surface area contributed by atoms with E-state index in [1.807, 2.05) is 25.1 Å². The molecule has 3 aliphatic heterocycles. The van der Waals surface area contributed by atoms with E-state index in [0.29, 0.717) is 60.2 Å². The molecule has 47 heavy (non-hydrogen) atoms. The van der Waals surface area contributed by atoms with Crippen molar-refractivity contribution in [1.82, 2.24) is 24.8 Å². The largest absolute Gasteiger partial charge is 0.489 e. The summed E-state index contributed by atoms with van der Waals surface area (Å²) in [6, 6.07) is 13.7. The molecule has 0 spiro atoms. The van der Waals surface area contributed by atoms with E-state index in [1.54, 1.807) is 31.5 Å². The smallest absolute Gasteiger partial charge is 0.253 e. The summed E-state index contributed by atoms with van der Waals surface area (Å²) in [5.41, 5.74) is 2.64. The number of likely N-dealkylation sites (tertiary alicyclic amines) is 1. The molecule has 248 valence electrons. The van der Waals surface area contributed by atoms with Gasteiger partial charge in [-0.25, -0.2) is 9.97 Å². The molecule has 3 fully saturated rings. The molecule has 0 radical (unpaired) electrons. The van der Waals surface area contributed by atoms with Crippen molar-refractivity contribution in [2.75, 3.05) is 76.4 Å². The summed E-state index contributed by atoms with van der Waals surface area (Å²) in [5.74, 6) is 1.33. The van der Waals surface area contributed by atoms with Crippen molar-refractivity contribution >= 4 is 23.4 Å². The number of rotatable bonds is 10. The molecule has 3 aliphatic rings. The number of nitrogens with one attached hydrogen (secondary N) is 1. The Kier molecular flexibility index (Phi) is 9.98. The number of methoxy groups -OCH3 is 1. The summed E-state index contributed by atoms with van der Waals surface area (Å²) in [4.78, 5) is 32.3. The highest BCUT2D eigenvalue weighted by Gasteiger charge is 2.33. The van der Waals surface area contributed by atoms with Gasteiger partial charge in [0.05, 0.1) is 44.2 Å². The zero-order valence-corrected chi connectivity index (χ0v) is 26.6. The van der Waals surface area contributed by atoms with Crippen LogP contribution in [0.3, 0.4) is 0 Å². The van der Waals surface area contributed by atoms with E-state index in [2.05, 4.69) is 36.1 Å². The Labute approximate surface area is 273 Å². The van der Waals surface area contributed by atoms with E-state index >= 15 is 0 Å². The second-order valence-corrected chi connectivity index (χ2v) is 12.1. The molecular weight excluding hydrogens is 604 g/mol. The lowest BCUT2D eigenvalue weighted by Gasteiger charge is -2.43. The fraction of sp³-hybridized carbons (Fsp3) is 0.485. The zero-order valence-electron chi connectivity index (χ0n) is 26.6.